The summed E-state index contributed by atoms with van der Waals surface area (Å²) >= 11 is 1.83. The third kappa shape index (κ3) is 2.08. The van der Waals surface area contributed by atoms with Crippen LogP contribution in [0.5, 0.6) is 0 Å². The smallest absolute Gasteiger partial charge is 0.310 e. The first kappa shape index (κ1) is 13.5. The number of nitrogens with zero attached hydrogens (tertiary/aromatic N) is 1. The van der Waals surface area contributed by atoms with Gasteiger partial charge < -0.3 is 4.74 Å². The van der Waals surface area contributed by atoms with Crippen LogP contribution in [0, 0.1) is 18.8 Å². The number of methoxy groups -OCH3 is 1. The Morgan fingerprint density at radius 3 is 3.00 bits per heavy atom. The zero-order chi connectivity index (χ0) is 14.6. The number of esters is 1. The topological polar surface area (TPSA) is 29.5 Å². The summed E-state index contributed by atoms with van der Waals surface area (Å²) in [6.07, 6.45) is 5.86. The number of fused-ring (bicyclic) bond motifs is 1. The Morgan fingerprint density at radius 2 is 2.29 bits per heavy atom. The molecule has 1 aromatic heterocycles. The van der Waals surface area contributed by atoms with Crippen molar-refractivity contribution in [1.29, 1.82) is 0 Å². The second-order valence-corrected chi connectivity index (χ2v) is 7.85. The van der Waals surface area contributed by atoms with Crippen LogP contribution in [-0.4, -0.2) is 36.6 Å². The molecule has 1 aromatic rings. The van der Waals surface area contributed by atoms with E-state index in [1.807, 2.05) is 11.3 Å². The highest BCUT2D eigenvalue weighted by atomic mass is 32.1. The predicted octanol–water partition coefficient (Wildman–Crippen LogP) is 3.10. The van der Waals surface area contributed by atoms with Gasteiger partial charge in [-0.05, 0) is 50.3 Å². The molecule has 5 atom stereocenters. The average Bonchev–Trinajstić information content (AvgIpc) is 3.02. The molecule has 21 heavy (non-hydrogen) atoms. The molecule has 0 spiro atoms. The molecule has 0 aliphatic carbocycles. The van der Waals surface area contributed by atoms with Gasteiger partial charge in [-0.25, -0.2) is 0 Å². The number of thiophene rings is 1. The molecule has 4 aliphatic rings. The van der Waals surface area contributed by atoms with Crippen molar-refractivity contribution in [2.75, 3.05) is 13.7 Å². The molecule has 0 amide bonds. The lowest BCUT2D eigenvalue weighted by Crippen LogP contribution is -2.58. The number of carbonyl (C=O) groups excluding carboxylic acids is 1. The van der Waals surface area contributed by atoms with Gasteiger partial charge in [0.1, 0.15) is 0 Å². The molecule has 3 nitrogen and oxygen atoms in total. The van der Waals surface area contributed by atoms with E-state index < -0.39 is 0 Å². The quantitative estimate of drug-likeness (QED) is 0.786. The first-order chi connectivity index (χ1) is 10.2. The highest BCUT2D eigenvalue weighted by Crippen LogP contribution is 2.51. The molecule has 4 aliphatic heterocycles. The average molecular weight is 303 g/mol. The fourth-order valence-corrected chi connectivity index (χ4v) is 5.45. The zero-order valence-electron chi connectivity index (χ0n) is 12.5. The molecule has 4 saturated heterocycles. The van der Waals surface area contributed by atoms with E-state index in [2.05, 4.69) is 30.0 Å². The number of carbonyl (C=O) groups is 1. The minimum absolute atomic E-state index is 0.0108. The number of ether oxygens (including phenoxy) is 1. The van der Waals surface area contributed by atoms with E-state index in [0.717, 1.165) is 19.4 Å². The lowest BCUT2D eigenvalue weighted by molar-refractivity contribution is -0.153. The highest BCUT2D eigenvalue weighted by Gasteiger charge is 2.55. The predicted molar refractivity (Wildman–Crippen MR) is 84.2 cm³/mol. The van der Waals surface area contributed by atoms with Gasteiger partial charge in [-0.15, -0.1) is 11.3 Å². The molecule has 0 N–H and O–H groups in total. The van der Waals surface area contributed by atoms with E-state index >= 15 is 0 Å². The molecule has 112 valence electrons. The van der Waals surface area contributed by atoms with Gasteiger partial charge >= 0.3 is 5.97 Å². The minimum Gasteiger partial charge on any atom is -0.469 e. The maximum absolute atomic E-state index is 12.3. The van der Waals surface area contributed by atoms with Crippen LogP contribution in [-0.2, 0) is 9.53 Å². The van der Waals surface area contributed by atoms with Crippen molar-refractivity contribution >= 4 is 23.4 Å². The summed E-state index contributed by atoms with van der Waals surface area (Å²) < 4.78 is 5.11. The van der Waals surface area contributed by atoms with Crippen molar-refractivity contribution in [2.24, 2.45) is 11.8 Å². The summed E-state index contributed by atoms with van der Waals surface area (Å²) in [6.45, 7) is 3.19. The normalized spacial score (nSPS) is 39.0. The van der Waals surface area contributed by atoms with Crippen LogP contribution in [0.2, 0.25) is 0 Å². The van der Waals surface area contributed by atoms with Crippen molar-refractivity contribution < 1.29 is 9.53 Å². The number of aryl methyl sites for hydroxylation is 1. The lowest BCUT2D eigenvalue weighted by Gasteiger charge is -2.50. The zero-order valence-corrected chi connectivity index (χ0v) is 13.4. The Bertz CT molecular complexity index is 606. The van der Waals surface area contributed by atoms with Gasteiger partial charge in [0, 0.05) is 28.4 Å². The fraction of sp³-hybridized carbons (Fsp3) is 0.588. The van der Waals surface area contributed by atoms with Gasteiger partial charge in [-0.2, -0.15) is 0 Å². The summed E-state index contributed by atoms with van der Waals surface area (Å²) in [7, 11) is 1.53. The Hall–Kier alpha value is -1.13. The summed E-state index contributed by atoms with van der Waals surface area (Å²) in [6, 6.07) is 5.47. The van der Waals surface area contributed by atoms with Crippen LogP contribution in [0.3, 0.4) is 0 Å². The molecule has 0 aromatic carbocycles. The van der Waals surface area contributed by atoms with Gasteiger partial charge in [-0.3, -0.25) is 9.69 Å². The Morgan fingerprint density at radius 1 is 1.43 bits per heavy atom. The number of hydrogen-bond donors (Lipinski definition) is 0. The maximum Gasteiger partial charge on any atom is 0.310 e. The van der Waals surface area contributed by atoms with E-state index in [0.29, 0.717) is 18.0 Å². The maximum atomic E-state index is 12.3. The summed E-state index contributed by atoms with van der Waals surface area (Å²) in [4.78, 5) is 17.5. The van der Waals surface area contributed by atoms with E-state index in [1.165, 1.54) is 28.9 Å². The highest BCUT2D eigenvalue weighted by molar-refractivity contribution is 7.12. The molecule has 5 rings (SSSR count). The molecular weight excluding hydrogens is 282 g/mol. The molecule has 4 bridgehead atoms. The summed E-state index contributed by atoms with van der Waals surface area (Å²) in [5, 5.41) is 0. The number of piperidine rings is 3. The molecule has 0 saturated carbocycles. The van der Waals surface area contributed by atoms with Crippen LogP contribution >= 0.6 is 11.3 Å². The van der Waals surface area contributed by atoms with Crippen LogP contribution in [0.1, 0.15) is 29.0 Å². The Labute approximate surface area is 129 Å². The second kappa shape index (κ2) is 4.96. The van der Waals surface area contributed by atoms with Crippen LogP contribution in [0.25, 0.3) is 6.08 Å². The fourth-order valence-electron chi connectivity index (χ4n) is 4.59. The van der Waals surface area contributed by atoms with Gasteiger partial charge in [0.2, 0.25) is 0 Å². The number of rotatable bonds is 2. The van der Waals surface area contributed by atoms with Crippen molar-refractivity contribution in [3.8, 4) is 0 Å². The van der Waals surface area contributed by atoms with Crippen molar-refractivity contribution in [3.63, 3.8) is 0 Å². The Kier molecular flexibility index (Phi) is 3.19. The second-order valence-electron chi connectivity index (χ2n) is 6.53. The van der Waals surface area contributed by atoms with Gasteiger partial charge in [-0.1, -0.05) is 5.57 Å². The SMILES string of the molecule is COC(=O)[C@H]1[C@@H]2C[C@@H]3CC[C@H]1N3C/C2=C\c1ccc(C)s1. The third-order valence-electron chi connectivity index (χ3n) is 5.47. The molecule has 1 unspecified atom stereocenters. The minimum atomic E-state index is -0.0108. The van der Waals surface area contributed by atoms with Crippen molar-refractivity contribution in [2.45, 2.75) is 38.3 Å². The Balaban J connectivity index is 1.69. The largest absolute Gasteiger partial charge is 0.469 e. The van der Waals surface area contributed by atoms with Gasteiger partial charge in [0.15, 0.2) is 0 Å². The van der Waals surface area contributed by atoms with Crippen LogP contribution < -0.4 is 0 Å². The van der Waals surface area contributed by atoms with E-state index in [-0.39, 0.29) is 11.9 Å². The molecule has 5 heterocycles. The standard InChI is InChI=1S/C17H21NO2S/c1-10-3-5-13(21-10)7-11-9-18-12-4-6-15(18)16(14(11)8-12)17(19)20-2/h3,5,7,12,14-16H,4,6,8-9H2,1-2H3/b11-7+/t12-,14+,15+,16-/m0/s1. The molecule has 0 radical (unpaired) electrons. The first-order valence-corrected chi connectivity index (χ1v) is 8.59. The van der Waals surface area contributed by atoms with Crippen LogP contribution in [0.4, 0.5) is 0 Å². The summed E-state index contributed by atoms with van der Waals surface area (Å²) in [5.41, 5.74) is 1.43. The van der Waals surface area contributed by atoms with Crippen molar-refractivity contribution in [1.82, 2.24) is 4.90 Å². The lowest BCUT2D eigenvalue weighted by atomic mass is 9.71. The third-order valence-corrected chi connectivity index (χ3v) is 6.42. The van der Waals surface area contributed by atoms with E-state index in [4.69, 9.17) is 4.74 Å². The number of hydrogen-bond acceptors (Lipinski definition) is 4. The molecule has 4 fully saturated rings. The van der Waals surface area contributed by atoms with E-state index in [9.17, 15) is 4.79 Å². The first-order valence-electron chi connectivity index (χ1n) is 7.78. The van der Waals surface area contributed by atoms with Gasteiger partial charge in [0.05, 0.1) is 13.0 Å². The monoisotopic (exact) mass is 303 g/mol. The molecular formula is C17H21NO2S. The summed E-state index contributed by atoms with van der Waals surface area (Å²) in [5.74, 6) is 0.431. The van der Waals surface area contributed by atoms with Crippen molar-refractivity contribution in [3.05, 3.63) is 27.5 Å². The molecule has 4 heteroatoms. The van der Waals surface area contributed by atoms with E-state index in [1.54, 1.807) is 0 Å². The van der Waals surface area contributed by atoms with Crippen LogP contribution in [0.15, 0.2) is 17.7 Å². The van der Waals surface area contributed by atoms with Gasteiger partial charge in [0.25, 0.3) is 0 Å².